The molecule has 3 rings (SSSR count). The van der Waals surface area contributed by atoms with Gasteiger partial charge in [-0.05, 0) is 95.5 Å². The molecule has 1 aromatic rings. The molecule has 2 N–H and O–H groups in total. The van der Waals surface area contributed by atoms with Crippen LogP contribution in [-0.2, 0) is 0 Å². The van der Waals surface area contributed by atoms with Crippen molar-refractivity contribution in [3.8, 4) is 5.75 Å². The number of fused-ring (bicyclic) bond motifs is 1. The summed E-state index contributed by atoms with van der Waals surface area (Å²) in [6, 6.07) is 6.56. The number of hydrogen-bond donors (Lipinski definition) is 2. The van der Waals surface area contributed by atoms with Crippen molar-refractivity contribution < 1.29 is 4.74 Å². The van der Waals surface area contributed by atoms with Crippen LogP contribution in [0.2, 0.25) is 0 Å². The third-order valence-corrected chi connectivity index (χ3v) is 5.35. The Labute approximate surface area is 147 Å². The van der Waals surface area contributed by atoms with Gasteiger partial charge in [0.05, 0.1) is 6.61 Å². The standard InChI is InChI=1S/C20H33N3O/c1-23(2)11-9-17-15-22-20-8-7-18(13-19(17)20)24-12-4-6-16-5-3-10-21-14-16/h7-8,13,16-17,21-22H,3-6,9-12,14-15H2,1-2H3. The Morgan fingerprint density at radius 2 is 2.12 bits per heavy atom. The fourth-order valence-electron chi connectivity index (χ4n) is 3.88. The molecule has 4 nitrogen and oxygen atoms in total. The maximum atomic E-state index is 6.04. The Morgan fingerprint density at radius 1 is 1.21 bits per heavy atom. The summed E-state index contributed by atoms with van der Waals surface area (Å²) < 4.78 is 6.04. The van der Waals surface area contributed by atoms with Crippen LogP contribution in [0.15, 0.2) is 18.2 Å². The number of rotatable bonds is 8. The number of benzene rings is 1. The lowest BCUT2D eigenvalue weighted by atomic mass is 9.95. The highest BCUT2D eigenvalue weighted by Crippen LogP contribution is 2.36. The van der Waals surface area contributed by atoms with E-state index in [1.165, 1.54) is 50.0 Å². The summed E-state index contributed by atoms with van der Waals surface area (Å²) in [7, 11) is 4.29. The highest BCUT2D eigenvalue weighted by Gasteiger charge is 2.22. The Bertz CT molecular complexity index is 512. The van der Waals surface area contributed by atoms with E-state index in [9.17, 15) is 0 Å². The van der Waals surface area contributed by atoms with Crippen LogP contribution in [0.3, 0.4) is 0 Å². The lowest BCUT2D eigenvalue weighted by Crippen LogP contribution is -2.29. The van der Waals surface area contributed by atoms with Gasteiger partial charge in [0, 0.05) is 18.2 Å². The molecule has 2 aliphatic rings. The van der Waals surface area contributed by atoms with Gasteiger partial charge in [0.1, 0.15) is 5.75 Å². The molecular weight excluding hydrogens is 298 g/mol. The summed E-state index contributed by atoms with van der Waals surface area (Å²) in [6.07, 6.45) is 6.35. The first kappa shape index (κ1) is 17.6. The zero-order chi connectivity index (χ0) is 16.8. The largest absolute Gasteiger partial charge is 0.494 e. The quantitative estimate of drug-likeness (QED) is 0.717. The van der Waals surface area contributed by atoms with Crippen LogP contribution in [-0.4, -0.2) is 51.8 Å². The second-order valence-electron chi connectivity index (χ2n) is 7.62. The van der Waals surface area contributed by atoms with E-state index in [0.29, 0.717) is 5.92 Å². The molecule has 2 aliphatic heterocycles. The molecule has 0 saturated carbocycles. The molecule has 24 heavy (non-hydrogen) atoms. The first-order chi connectivity index (χ1) is 11.7. The third kappa shape index (κ3) is 4.87. The van der Waals surface area contributed by atoms with Crippen LogP contribution in [0.1, 0.15) is 43.6 Å². The lowest BCUT2D eigenvalue weighted by molar-refractivity contribution is 0.275. The molecule has 4 heteroatoms. The fourth-order valence-corrected chi connectivity index (χ4v) is 3.88. The summed E-state index contributed by atoms with van der Waals surface area (Å²) in [4.78, 5) is 2.26. The van der Waals surface area contributed by atoms with Gasteiger partial charge in [0.15, 0.2) is 0 Å². The van der Waals surface area contributed by atoms with Crippen molar-refractivity contribution in [1.29, 1.82) is 0 Å². The van der Waals surface area contributed by atoms with Gasteiger partial charge in [-0.15, -0.1) is 0 Å². The van der Waals surface area contributed by atoms with Crippen molar-refractivity contribution >= 4 is 5.69 Å². The molecular formula is C20H33N3O. The number of nitrogens with one attached hydrogen (secondary N) is 2. The van der Waals surface area contributed by atoms with Crippen LogP contribution in [0, 0.1) is 5.92 Å². The number of hydrogen-bond acceptors (Lipinski definition) is 4. The molecule has 0 radical (unpaired) electrons. The van der Waals surface area contributed by atoms with E-state index in [1.54, 1.807) is 0 Å². The molecule has 2 unspecified atom stereocenters. The van der Waals surface area contributed by atoms with Gasteiger partial charge in [0.2, 0.25) is 0 Å². The van der Waals surface area contributed by atoms with Crippen LogP contribution in [0.4, 0.5) is 5.69 Å². The number of anilines is 1. The average molecular weight is 332 g/mol. The van der Waals surface area contributed by atoms with E-state index in [2.05, 4.69) is 47.8 Å². The molecule has 2 heterocycles. The maximum Gasteiger partial charge on any atom is 0.119 e. The minimum Gasteiger partial charge on any atom is -0.494 e. The molecule has 134 valence electrons. The van der Waals surface area contributed by atoms with Gasteiger partial charge < -0.3 is 20.3 Å². The first-order valence-electron chi connectivity index (χ1n) is 9.58. The molecule has 0 spiro atoms. The highest BCUT2D eigenvalue weighted by molar-refractivity contribution is 5.60. The van der Waals surface area contributed by atoms with Crippen molar-refractivity contribution in [3.63, 3.8) is 0 Å². The smallest absolute Gasteiger partial charge is 0.119 e. The normalized spacial score (nSPS) is 23.1. The number of ether oxygens (including phenoxy) is 1. The van der Waals surface area contributed by atoms with Crippen molar-refractivity contribution in [1.82, 2.24) is 10.2 Å². The summed E-state index contributed by atoms with van der Waals surface area (Å²) in [5.41, 5.74) is 2.73. The Morgan fingerprint density at radius 3 is 2.92 bits per heavy atom. The fraction of sp³-hybridized carbons (Fsp3) is 0.700. The lowest BCUT2D eigenvalue weighted by Gasteiger charge is -2.22. The van der Waals surface area contributed by atoms with Crippen LogP contribution >= 0.6 is 0 Å². The zero-order valence-corrected chi connectivity index (χ0v) is 15.3. The van der Waals surface area contributed by atoms with E-state index >= 15 is 0 Å². The monoisotopic (exact) mass is 331 g/mol. The van der Waals surface area contributed by atoms with E-state index in [-0.39, 0.29) is 0 Å². The minimum absolute atomic E-state index is 0.610. The van der Waals surface area contributed by atoms with Gasteiger partial charge in [-0.25, -0.2) is 0 Å². The number of piperidine rings is 1. The Hall–Kier alpha value is -1.26. The second-order valence-corrected chi connectivity index (χ2v) is 7.62. The maximum absolute atomic E-state index is 6.04. The van der Waals surface area contributed by atoms with Gasteiger partial charge >= 0.3 is 0 Å². The third-order valence-electron chi connectivity index (χ3n) is 5.35. The van der Waals surface area contributed by atoms with E-state index in [4.69, 9.17) is 4.74 Å². The summed E-state index contributed by atoms with van der Waals surface area (Å²) in [5, 5.41) is 7.03. The second kappa shape index (κ2) is 8.72. The van der Waals surface area contributed by atoms with Gasteiger partial charge in [-0.3, -0.25) is 0 Å². The zero-order valence-electron chi connectivity index (χ0n) is 15.3. The van der Waals surface area contributed by atoms with Crippen LogP contribution in [0.25, 0.3) is 0 Å². The van der Waals surface area contributed by atoms with Gasteiger partial charge in [0.25, 0.3) is 0 Å². The predicted molar refractivity (Wildman–Crippen MR) is 101 cm³/mol. The summed E-state index contributed by atoms with van der Waals surface area (Å²) >= 11 is 0. The van der Waals surface area contributed by atoms with E-state index in [1.807, 2.05) is 0 Å². The molecule has 0 aromatic heterocycles. The van der Waals surface area contributed by atoms with Crippen LogP contribution in [0.5, 0.6) is 5.75 Å². The molecule has 0 bridgehead atoms. The molecule has 2 atom stereocenters. The van der Waals surface area contributed by atoms with Crippen LogP contribution < -0.4 is 15.4 Å². The molecule has 1 fully saturated rings. The average Bonchev–Trinajstić information content (AvgIpc) is 3.00. The topological polar surface area (TPSA) is 36.5 Å². The SMILES string of the molecule is CN(C)CCC1CNc2ccc(OCCCC3CCCNC3)cc21. The van der Waals surface area contributed by atoms with Crippen molar-refractivity contribution in [2.45, 2.75) is 38.0 Å². The van der Waals surface area contributed by atoms with Crippen molar-refractivity contribution in [2.75, 3.05) is 52.2 Å². The van der Waals surface area contributed by atoms with E-state index in [0.717, 1.165) is 37.8 Å². The summed E-state index contributed by atoms with van der Waals surface area (Å²) in [5.74, 6) is 2.50. The molecule has 0 aliphatic carbocycles. The molecule has 0 amide bonds. The Balaban J connectivity index is 1.45. The van der Waals surface area contributed by atoms with Crippen molar-refractivity contribution in [2.24, 2.45) is 5.92 Å². The van der Waals surface area contributed by atoms with Gasteiger partial charge in [-0.2, -0.15) is 0 Å². The minimum atomic E-state index is 0.610. The van der Waals surface area contributed by atoms with E-state index < -0.39 is 0 Å². The Kier molecular flexibility index (Phi) is 6.38. The molecule has 1 aromatic carbocycles. The molecule has 1 saturated heterocycles. The van der Waals surface area contributed by atoms with Gasteiger partial charge in [-0.1, -0.05) is 0 Å². The highest BCUT2D eigenvalue weighted by atomic mass is 16.5. The predicted octanol–water partition coefficient (Wildman–Crippen LogP) is 3.31. The first-order valence-corrected chi connectivity index (χ1v) is 9.58. The van der Waals surface area contributed by atoms with Crippen molar-refractivity contribution in [3.05, 3.63) is 23.8 Å². The summed E-state index contributed by atoms with van der Waals surface area (Å²) in [6.45, 7) is 5.42. The number of nitrogens with zero attached hydrogens (tertiary/aromatic N) is 1.